The normalized spacial score (nSPS) is 14.4. The highest BCUT2D eigenvalue weighted by Gasteiger charge is 2.26. The van der Waals surface area contributed by atoms with Crippen LogP contribution in [-0.4, -0.2) is 22.9 Å². The molecule has 0 amide bonds. The highest BCUT2D eigenvalue weighted by atomic mass is 16.5. The van der Waals surface area contributed by atoms with Crippen molar-refractivity contribution in [2.24, 2.45) is 0 Å². The van der Waals surface area contributed by atoms with Gasteiger partial charge in [-0.2, -0.15) is 5.10 Å². The molecule has 3 rings (SSSR count). The van der Waals surface area contributed by atoms with Crippen molar-refractivity contribution in [1.82, 2.24) is 15.1 Å². The van der Waals surface area contributed by atoms with Crippen molar-refractivity contribution in [3.63, 3.8) is 0 Å². The molecule has 2 heterocycles. The molecule has 0 fully saturated rings. The van der Waals surface area contributed by atoms with Crippen LogP contribution in [0.15, 0.2) is 58.5 Å². The number of esters is 1. The first-order valence-electron chi connectivity index (χ1n) is 8.86. The molecule has 0 bridgehead atoms. The van der Waals surface area contributed by atoms with Gasteiger partial charge in [-0.15, -0.1) is 0 Å². The Morgan fingerprint density at radius 3 is 2.52 bits per heavy atom. The van der Waals surface area contributed by atoms with E-state index in [9.17, 15) is 9.59 Å². The van der Waals surface area contributed by atoms with Crippen LogP contribution in [0.4, 0.5) is 0 Å². The van der Waals surface area contributed by atoms with Gasteiger partial charge >= 0.3 is 5.97 Å². The lowest BCUT2D eigenvalue weighted by atomic mass is 9.92. The summed E-state index contributed by atoms with van der Waals surface area (Å²) >= 11 is 0. The minimum atomic E-state index is -0.373. The molecule has 1 aromatic carbocycles. The van der Waals surface area contributed by atoms with Gasteiger partial charge in [0.25, 0.3) is 5.56 Å². The largest absolute Gasteiger partial charge is 0.466 e. The van der Waals surface area contributed by atoms with Crippen molar-refractivity contribution in [3.8, 4) is 0 Å². The predicted molar refractivity (Wildman–Crippen MR) is 105 cm³/mol. The maximum absolute atomic E-state index is 12.2. The van der Waals surface area contributed by atoms with Crippen molar-refractivity contribution in [2.45, 2.75) is 33.2 Å². The van der Waals surface area contributed by atoms with Gasteiger partial charge in [-0.3, -0.25) is 4.79 Å². The zero-order valence-corrected chi connectivity index (χ0v) is 15.9. The Kier molecular flexibility index (Phi) is 5.26. The van der Waals surface area contributed by atoms with E-state index in [2.05, 4.69) is 10.4 Å². The Bertz CT molecular complexity index is 985. The monoisotopic (exact) mass is 365 g/mol. The number of methoxy groups -OCH3 is 1. The number of rotatable bonds is 4. The molecule has 0 saturated heterocycles. The number of benzene rings is 1. The first-order valence-corrected chi connectivity index (χ1v) is 8.86. The molecular formula is C21H23N3O3. The molecule has 6 heteroatoms. The second kappa shape index (κ2) is 7.61. The minimum absolute atomic E-state index is 0.0628. The number of ether oxygens (including phenoxy) is 1. The summed E-state index contributed by atoms with van der Waals surface area (Å²) in [6.07, 6.45) is 0.374. The third kappa shape index (κ3) is 3.69. The molecule has 0 saturated carbocycles. The number of nitrogens with one attached hydrogen (secondary N) is 1. The summed E-state index contributed by atoms with van der Waals surface area (Å²) < 4.78 is 6.38. The quantitative estimate of drug-likeness (QED) is 0.843. The lowest BCUT2D eigenvalue weighted by molar-refractivity contribution is -0.136. The molecule has 27 heavy (non-hydrogen) atoms. The number of dihydropyridines is 1. The average Bonchev–Trinajstić information content (AvgIpc) is 2.68. The second-order valence-corrected chi connectivity index (χ2v) is 6.71. The van der Waals surface area contributed by atoms with E-state index in [-0.39, 0.29) is 17.6 Å². The highest BCUT2D eigenvalue weighted by molar-refractivity contribution is 5.99. The zero-order chi connectivity index (χ0) is 19.6. The van der Waals surface area contributed by atoms with Crippen molar-refractivity contribution >= 4 is 17.2 Å². The molecule has 0 aliphatic carbocycles. The Balaban J connectivity index is 2.18. The van der Waals surface area contributed by atoms with Gasteiger partial charge < -0.3 is 10.1 Å². The number of carbonyl (C=O) groups is 1. The van der Waals surface area contributed by atoms with Crippen molar-refractivity contribution < 1.29 is 9.53 Å². The molecule has 0 unspecified atom stereocenters. The van der Waals surface area contributed by atoms with Gasteiger partial charge in [0.05, 0.1) is 30.1 Å². The number of hydrogen-bond acceptors (Lipinski definition) is 5. The second-order valence-electron chi connectivity index (χ2n) is 6.71. The summed E-state index contributed by atoms with van der Waals surface area (Å²) in [5.41, 5.74) is 4.52. The highest BCUT2D eigenvalue weighted by Crippen LogP contribution is 2.34. The lowest BCUT2D eigenvalue weighted by Crippen LogP contribution is -2.27. The minimum Gasteiger partial charge on any atom is -0.466 e. The van der Waals surface area contributed by atoms with E-state index in [1.807, 2.05) is 51.1 Å². The Hall–Kier alpha value is -3.15. The van der Waals surface area contributed by atoms with Crippen molar-refractivity contribution in [2.75, 3.05) is 7.11 Å². The SMILES string of the molecule is COC(=O)C1=C(C)NC(c2ccccc2)=C(c2ccc(=O)n(C(C)C)n2)C1. The standard InChI is InChI=1S/C21H23N3O3/c1-13(2)24-19(25)11-10-18(23-24)17-12-16(21(26)27-4)14(3)22-20(17)15-8-6-5-7-9-15/h5-11,13,22H,12H2,1-4H3. The van der Waals surface area contributed by atoms with E-state index in [0.717, 1.165) is 22.5 Å². The van der Waals surface area contributed by atoms with Crippen LogP contribution < -0.4 is 10.9 Å². The summed E-state index contributed by atoms with van der Waals surface area (Å²) in [7, 11) is 1.37. The molecular weight excluding hydrogens is 342 g/mol. The molecule has 0 radical (unpaired) electrons. The Morgan fingerprint density at radius 1 is 1.19 bits per heavy atom. The van der Waals surface area contributed by atoms with Gasteiger partial charge in [0.15, 0.2) is 0 Å². The van der Waals surface area contributed by atoms with Crippen molar-refractivity contribution in [1.29, 1.82) is 0 Å². The zero-order valence-electron chi connectivity index (χ0n) is 15.9. The van der Waals surface area contributed by atoms with Crippen LogP contribution in [0, 0.1) is 0 Å². The van der Waals surface area contributed by atoms with E-state index in [4.69, 9.17) is 4.74 Å². The number of carbonyl (C=O) groups excluding carboxylic acids is 1. The fourth-order valence-corrected chi connectivity index (χ4v) is 3.11. The number of allylic oxidation sites excluding steroid dienone is 2. The summed E-state index contributed by atoms with van der Waals surface area (Å²) in [5.74, 6) is -0.373. The first kappa shape index (κ1) is 18.6. The van der Waals surface area contributed by atoms with E-state index in [0.29, 0.717) is 17.7 Å². The van der Waals surface area contributed by atoms with Crippen LogP contribution in [0.1, 0.15) is 44.5 Å². The maximum atomic E-state index is 12.2. The molecule has 6 nitrogen and oxygen atoms in total. The van der Waals surface area contributed by atoms with Gasteiger partial charge in [0.1, 0.15) is 0 Å². The van der Waals surface area contributed by atoms with Crippen molar-refractivity contribution in [3.05, 3.63) is 75.3 Å². The molecule has 1 aromatic heterocycles. The number of hydrogen-bond donors (Lipinski definition) is 1. The average molecular weight is 365 g/mol. The summed E-state index contributed by atoms with van der Waals surface area (Å²) in [6.45, 7) is 5.68. The molecule has 0 atom stereocenters. The van der Waals surface area contributed by atoms with Crippen LogP contribution in [0.25, 0.3) is 11.3 Å². The molecule has 140 valence electrons. The number of aromatic nitrogens is 2. The molecule has 1 N–H and O–H groups in total. The lowest BCUT2D eigenvalue weighted by Gasteiger charge is -2.25. The Labute approximate surface area is 158 Å². The van der Waals surface area contributed by atoms with E-state index in [1.54, 1.807) is 6.07 Å². The molecule has 2 aromatic rings. The summed E-state index contributed by atoms with van der Waals surface area (Å²) in [4.78, 5) is 24.3. The van der Waals surface area contributed by atoms with Crippen LogP contribution in [-0.2, 0) is 9.53 Å². The first-order chi connectivity index (χ1) is 12.9. The van der Waals surface area contributed by atoms with Crippen LogP contribution in [0.2, 0.25) is 0 Å². The third-order valence-corrected chi connectivity index (χ3v) is 4.54. The molecule has 1 aliphatic heterocycles. The van der Waals surface area contributed by atoms with E-state index in [1.165, 1.54) is 17.9 Å². The van der Waals surface area contributed by atoms with Gasteiger partial charge in [-0.05, 0) is 32.4 Å². The van der Waals surface area contributed by atoms with Crippen LogP contribution >= 0.6 is 0 Å². The van der Waals surface area contributed by atoms with E-state index >= 15 is 0 Å². The fourth-order valence-electron chi connectivity index (χ4n) is 3.11. The molecule has 1 aliphatic rings. The van der Waals surface area contributed by atoms with Crippen LogP contribution in [0.5, 0.6) is 0 Å². The van der Waals surface area contributed by atoms with Gasteiger partial charge in [-0.1, -0.05) is 30.3 Å². The van der Waals surface area contributed by atoms with Gasteiger partial charge in [-0.25, -0.2) is 9.48 Å². The van der Waals surface area contributed by atoms with Gasteiger partial charge in [0, 0.05) is 23.8 Å². The summed E-state index contributed by atoms with van der Waals surface area (Å²) in [5, 5.41) is 7.89. The third-order valence-electron chi connectivity index (χ3n) is 4.54. The number of nitrogens with zero attached hydrogens (tertiary/aromatic N) is 2. The van der Waals surface area contributed by atoms with Crippen LogP contribution in [0.3, 0.4) is 0 Å². The van der Waals surface area contributed by atoms with E-state index < -0.39 is 0 Å². The fraction of sp³-hybridized carbons (Fsp3) is 0.286. The maximum Gasteiger partial charge on any atom is 0.335 e. The topological polar surface area (TPSA) is 73.2 Å². The molecule has 0 spiro atoms. The smallest absolute Gasteiger partial charge is 0.335 e. The van der Waals surface area contributed by atoms with Gasteiger partial charge in [0.2, 0.25) is 0 Å². The summed E-state index contributed by atoms with van der Waals surface area (Å²) in [6, 6.07) is 13.0. The Morgan fingerprint density at radius 2 is 1.89 bits per heavy atom. The predicted octanol–water partition coefficient (Wildman–Crippen LogP) is 3.13.